The van der Waals surface area contributed by atoms with Crippen LogP contribution in [-0.2, 0) is 5.41 Å². The number of halogens is 1. The van der Waals surface area contributed by atoms with Gasteiger partial charge in [0.25, 0.3) is 0 Å². The summed E-state index contributed by atoms with van der Waals surface area (Å²) in [5.41, 5.74) is 1.89. The fourth-order valence-corrected chi connectivity index (χ4v) is 3.54. The monoisotopic (exact) mass is 309 g/mol. The lowest BCUT2D eigenvalue weighted by atomic mass is 9.58. The molecule has 1 aromatic carbocycles. The quantitative estimate of drug-likeness (QED) is 0.763. The van der Waals surface area contributed by atoms with Crippen molar-refractivity contribution < 1.29 is 0 Å². The average molecular weight is 310 g/mol. The highest BCUT2D eigenvalue weighted by molar-refractivity contribution is 9.10. The van der Waals surface area contributed by atoms with Gasteiger partial charge in [-0.1, -0.05) is 48.3 Å². The second kappa shape index (κ2) is 6.21. The van der Waals surface area contributed by atoms with E-state index in [2.05, 4.69) is 59.4 Å². The van der Waals surface area contributed by atoms with Gasteiger partial charge in [0.15, 0.2) is 0 Å². The minimum absolute atomic E-state index is 0.389. The molecule has 1 N–H and O–H groups in total. The zero-order valence-corrected chi connectivity index (χ0v) is 13.1. The van der Waals surface area contributed by atoms with Crippen molar-refractivity contribution >= 4 is 15.9 Å². The maximum atomic E-state index is 3.63. The first-order valence-corrected chi connectivity index (χ1v) is 7.96. The van der Waals surface area contributed by atoms with Gasteiger partial charge in [0, 0.05) is 16.4 Å². The van der Waals surface area contributed by atoms with E-state index in [1.807, 2.05) is 0 Å². The Balaban J connectivity index is 2.10. The van der Waals surface area contributed by atoms with Crippen molar-refractivity contribution in [3.63, 3.8) is 0 Å². The van der Waals surface area contributed by atoms with Gasteiger partial charge in [0.2, 0.25) is 0 Å². The van der Waals surface area contributed by atoms with E-state index in [9.17, 15) is 0 Å². The fourth-order valence-electron chi connectivity index (χ4n) is 3.14. The largest absolute Gasteiger partial charge is 0.316 e. The van der Waals surface area contributed by atoms with Crippen molar-refractivity contribution in [2.45, 2.75) is 44.9 Å². The fraction of sp³-hybridized carbons (Fsp3) is 0.625. The first-order valence-electron chi connectivity index (χ1n) is 7.17. The lowest BCUT2D eigenvalue weighted by Crippen LogP contribution is -2.48. The van der Waals surface area contributed by atoms with Crippen LogP contribution in [-0.4, -0.2) is 13.1 Å². The molecule has 0 radical (unpaired) electrons. The van der Waals surface area contributed by atoms with Crippen LogP contribution in [0.5, 0.6) is 0 Å². The maximum absolute atomic E-state index is 3.63. The SMILES string of the molecule is CCCNCC1(c2cccc(Br)c2)CC(CC)C1. The van der Waals surface area contributed by atoms with Crippen molar-refractivity contribution in [1.82, 2.24) is 5.32 Å². The van der Waals surface area contributed by atoms with Gasteiger partial charge >= 0.3 is 0 Å². The number of nitrogens with one attached hydrogen (secondary N) is 1. The third kappa shape index (κ3) is 2.97. The highest BCUT2D eigenvalue weighted by Crippen LogP contribution is 2.49. The van der Waals surface area contributed by atoms with E-state index in [4.69, 9.17) is 0 Å². The Hall–Kier alpha value is -0.340. The van der Waals surface area contributed by atoms with E-state index < -0.39 is 0 Å². The zero-order chi connectivity index (χ0) is 13.0. The van der Waals surface area contributed by atoms with Crippen LogP contribution in [0.1, 0.15) is 45.1 Å². The first-order chi connectivity index (χ1) is 8.70. The van der Waals surface area contributed by atoms with E-state index in [0.717, 1.165) is 19.0 Å². The summed E-state index contributed by atoms with van der Waals surface area (Å²) < 4.78 is 1.20. The molecule has 100 valence electrons. The van der Waals surface area contributed by atoms with Gasteiger partial charge in [0.05, 0.1) is 0 Å². The van der Waals surface area contributed by atoms with Crippen LogP contribution in [0.15, 0.2) is 28.7 Å². The predicted octanol–water partition coefficient (Wildman–Crippen LogP) is 4.51. The Morgan fingerprint density at radius 3 is 2.72 bits per heavy atom. The second-order valence-corrected chi connectivity index (χ2v) is 6.57. The minimum Gasteiger partial charge on any atom is -0.316 e. The van der Waals surface area contributed by atoms with Crippen molar-refractivity contribution in [3.8, 4) is 0 Å². The number of rotatable bonds is 6. The summed E-state index contributed by atoms with van der Waals surface area (Å²) in [6.45, 7) is 6.81. The van der Waals surface area contributed by atoms with Gasteiger partial charge in [0.1, 0.15) is 0 Å². The van der Waals surface area contributed by atoms with Crippen LogP contribution in [0.3, 0.4) is 0 Å². The number of hydrogen-bond acceptors (Lipinski definition) is 1. The smallest absolute Gasteiger partial charge is 0.0178 e. The molecular weight excluding hydrogens is 286 g/mol. The molecular formula is C16H24BrN. The van der Waals surface area contributed by atoms with Crippen molar-refractivity contribution in [1.29, 1.82) is 0 Å². The van der Waals surface area contributed by atoms with Gasteiger partial charge in [-0.15, -0.1) is 0 Å². The Labute approximate surface area is 119 Å². The van der Waals surface area contributed by atoms with E-state index in [-0.39, 0.29) is 0 Å². The van der Waals surface area contributed by atoms with Gasteiger partial charge in [-0.05, 0) is 49.4 Å². The van der Waals surface area contributed by atoms with E-state index in [1.54, 1.807) is 0 Å². The average Bonchev–Trinajstić information content (AvgIpc) is 2.32. The first kappa shape index (κ1) is 14.1. The van der Waals surface area contributed by atoms with Crippen LogP contribution in [0.25, 0.3) is 0 Å². The van der Waals surface area contributed by atoms with Crippen LogP contribution in [0.4, 0.5) is 0 Å². The summed E-state index contributed by atoms with van der Waals surface area (Å²) in [6, 6.07) is 8.89. The molecule has 2 rings (SSSR count). The Morgan fingerprint density at radius 1 is 1.33 bits per heavy atom. The molecule has 0 saturated heterocycles. The Kier molecular flexibility index (Phi) is 4.85. The van der Waals surface area contributed by atoms with Gasteiger partial charge in [-0.2, -0.15) is 0 Å². The molecule has 1 nitrogen and oxygen atoms in total. The summed E-state index contributed by atoms with van der Waals surface area (Å²) in [5.74, 6) is 0.924. The zero-order valence-electron chi connectivity index (χ0n) is 11.5. The summed E-state index contributed by atoms with van der Waals surface area (Å²) in [5, 5.41) is 3.63. The highest BCUT2D eigenvalue weighted by atomic mass is 79.9. The van der Waals surface area contributed by atoms with E-state index >= 15 is 0 Å². The molecule has 1 saturated carbocycles. The molecule has 0 aromatic heterocycles. The molecule has 0 aliphatic heterocycles. The summed E-state index contributed by atoms with van der Waals surface area (Å²) in [6.07, 6.45) is 5.22. The molecule has 0 atom stereocenters. The Morgan fingerprint density at radius 2 is 2.11 bits per heavy atom. The molecule has 1 aliphatic rings. The molecule has 2 heteroatoms. The third-order valence-electron chi connectivity index (χ3n) is 4.26. The lowest BCUT2D eigenvalue weighted by Gasteiger charge is -2.48. The Bertz CT molecular complexity index is 382. The van der Waals surface area contributed by atoms with Crippen molar-refractivity contribution in [2.75, 3.05) is 13.1 Å². The van der Waals surface area contributed by atoms with E-state index in [1.165, 1.54) is 35.7 Å². The van der Waals surface area contributed by atoms with Crippen LogP contribution >= 0.6 is 15.9 Å². The normalized spacial score (nSPS) is 26.9. The minimum atomic E-state index is 0.389. The predicted molar refractivity (Wildman–Crippen MR) is 82.0 cm³/mol. The molecule has 1 fully saturated rings. The van der Waals surface area contributed by atoms with Gasteiger partial charge < -0.3 is 5.32 Å². The molecule has 0 unspecified atom stereocenters. The number of benzene rings is 1. The highest BCUT2D eigenvalue weighted by Gasteiger charge is 2.44. The lowest BCUT2D eigenvalue weighted by molar-refractivity contribution is 0.134. The topological polar surface area (TPSA) is 12.0 Å². The number of hydrogen-bond donors (Lipinski definition) is 1. The third-order valence-corrected chi connectivity index (χ3v) is 4.76. The summed E-state index contributed by atoms with van der Waals surface area (Å²) in [7, 11) is 0. The van der Waals surface area contributed by atoms with Crippen LogP contribution in [0, 0.1) is 5.92 Å². The van der Waals surface area contributed by atoms with Crippen molar-refractivity contribution in [3.05, 3.63) is 34.3 Å². The molecule has 18 heavy (non-hydrogen) atoms. The standard InChI is InChI=1S/C16H24BrN/c1-3-8-18-12-16(10-13(4-2)11-16)14-6-5-7-15(17)9-14/h5-7,9,13,18H,3-4,8,10-12H2,1-2H3. The maximum Gasteiger partial charge on any atom is 0.0178 e. The second-order valence-electron chi connectivity index (χ2n) is 5.65. The van der Waals surface area contributed by atoms with Crippen molar-refractivity contribution in [2.24, 2.45) is 5.92 Å². The molecule has 1 aromatic rings. The van der Waals surface area contributed by atoms with Crippen LogP contribution in [0.2, 0.25) is 0 Å². The summed E-state index contributed by atoms with van der Waals surface area (Å²) >= 11 is 3.60. The molecule has 1 aliphatic carbocycles. The van der Waals surface area contributed by atoms with Gasteiger partial charge in [-0.3, -0.25) is 0 Å². The molecule has 0 heterocycles. The molecule has 0 amide bonds. The molecule has 0 bridgehead atoms. The van der Waals surface area contributed by atoms with Gasteiger partial charge in [-0.25, -0.2) is 0 Å². The van der Waals surface area contributed by atoms with E-state index in [0.29, 0.717) is 5.41 Å². The molecule has 0 spiro atoms. The summed E-state index contributed by atoms with van der Waals surface area (Å²) in [4.78, 5) is 0. The van der Waals surface area contributed by atoms with Crippen LogP contribution < -0.4 is 5.32 Å².